The number of aliphatic carboxylic acids is 1. The predicted octanol–water partition coefficient (Wildman–Crippen LogP) is 1.30. The summed E-state index contributed by atoms with van der Waals surface area (Å²) < 4.78 is 0. The highest BCUT2D eigenvalue weighted by molar-refractivity contribution is 7.98. The lowest BCUT2D eigenvalue weighted by Gasteiger charge is -2.14. The van der Waals surface area contributed by atoms with Gasteiger partial charge in [-0.15, -0.1) is 0 Å². The standard InChI is InChI=1S/C16H23N3O4S/c1-3-12(17)15(21)18-11-6-4-10(5-7-11)14(20)19-13(16(22)23)8-9-24-2/h4-7,12-13H,3,8-9,17H2,1-2H3,(H,18,21)(H,19,20)(H,22,23). The van der Waals surface area contributed by atoms with Crippen LogP contribution in [0.4, 0.5) is 5.69 Å². The van der Waals surface area contributed by atoms with Crippen LogP contribution in [0.5, 0.6) is 0 Å². The first-order chi connectivity index (χ1) is 11.4. The van der Waals surface area contributed by atoms with E-state index in [-0.39, 0.29) is 5.91 Å². The zero-order valence-electron chi connectivity index (χ0n) is 13.7. The minimum atomic E-state index is -1.06. The van der Waals surface area contributed by atoms with Gasteiger partial charge in [0.15, 0.2) is 0 Å². The average Bonchev–Trinajstić information content (AvgIpc) is 2.57. The van der Waals surface area contributed by atoms with Crippen LogP contribution in [-0.4, -0.2) is 47.0 Å². The van der Waals surface area contributed by atoms with E-state index < -0.39 is 24.0 Å². The SMILES string of the molecule is CCC(N)C(=O)Nc1ccc(C(=O)NC(CCSC)C(=O)O)cc1. The maximum absolute atomic E-state index is 12.1. The molecule has 2 unspecified atom stereocenters. The zero-order chi connectivity index (χ0) is 18.1. The summed E-state index contributed by atoms with van der Waals surface area (Å²) in [6, 6.07) is 4.69. The summed E-state index contributed by atoms with van der Waals surface area (Å²) in [4.78, 5) is 35.0. The summed E-state index contributed by atoms with van der Waals surface area (Å²) in [5.41, 5.74) is 6.48. The van der Waals surface area contributed by atoms with E-state index in [0.717, 1.165) is 0 Å². The average molecular weight is 353 g/mol. The molecule has 8 heteroatoms. The number of thioether (sulfide) groups is 1. The zero-order valence-corrected chi connectivity index (χ0v) is 14.6. The maximum atomic E-state index is 12.1. The first kappa shape index (κ1) is 20.0. The summed E-state index contributed by atoms with van der Waals surface area (Å²) in [6.07, 6.45) is 2.75. The van der Waals surface area contributed by atoms with Crippen molar-refractivity contribution in [2.24, 2.45) is 5.73 Å². The number of benzene rings is 1. The van der Waals surface area contributed by atoms with Crippen molar-refractivity contribution >= 4 is 35.2 Å². The third kappa shape index (κ3) is 6.21. The van der Waals surface area contributed by atoms with Gasteiger partial charge in [0.1, 0.15) is 6.04 Å². The Labute approximate surface area is 145 Å². The number of amides is 2. The van der Waals surface area contributed by atoms with Gasteiger partial charge >= 0.3 is 5.97 Å². The lowest BCUT2D eigenvalue weighted by Crippen LogP contribution is -2.41. The van der Waals surface area contributed by atoms with Crippen molar-refractivity contribution in [1.82, 2.24) is 5.32 Å². The fourth-order valence-corrected chi connectivity index (χ4v) is 2.33. The number of carboxylic acids is 1. The monoisotopic (exact) mass is 353 g/mol. The van der Waals surface area contributed by atoms with Crippen molar-refractivity contribution < 1.29 is 19.5 Å². The molecule has 0 heterocycles. The van der Waals surface area contributed by atoms with Crippen LogP contribution in [0.3, 0.4) is 0 Å². The van der Waals surface area contributed by atoms with Crippen LogP contribution in [0.2, 0.25) is 0 Å². The van der Waals surface area contributed by atoms with Gasteiger partial charge < -0.3 is 21.5 Å². The Hall–Kier alpha value is -2.06. The van der Waals surface area contributed by atoms with Crippen molar-refractivity contribution in [1.29, 1.82) is 0 Å². The van der Waals surface area contributed by atoms with Gasteiger partial charge in [-0.3, -0.25) is 9.59 Å². The summed E-state index contributed by atoms with van der Waals surface area (Å²) in [7, 11) is 0. The van der Waals surface area contributed by atoms with E-state index in [0.29, 0.717) is 29.8 Å². The Balaban J connectivity index is 2.68. The van der Waals surface area contributed by atoms with E-state index in [1.54, 1.807) is 12.1 Å². The van der Waals surface area contributed by atoms with E-state index in [4.69, 9.17) is 10.8 Å². The molecule has 0 aliphatic rings. The largest absolute Gasteiger partial charge is 0.480 e. The van der Waals surface area contributed by atoms with Crippen molar-refractivity contribution in [3.05, 3.63) is 29.8 Å². The lowest BCUT2D eigenvalue weighted by atomic mass is 10.1. The molecular weight excluding hydrogens is 330 g/mol. The molecule has 7 nitrogen and oxygen atoms in total. The lowest BCUT2D eigenvalue weighted by molar-refractivity contribution is -0.139. The van der Waals surface area contributed by atoms with Gasteiger partial charge in [-0.1, -0.05) is 6.92 Å². The Morgan fingerprint density at radius 1 is 1.25 bits per heavy atom. The number of carbonyl (C=O) groups excluding carboxylic acids is 2. The first-order valence-corrected chi connectivity index (χ1v) is 8.97. The molecule has 0 saturated heterocycles. The minimum Gasteiger partial charge on any atom is -0.480 e. The van der Waals surface area contributed by atoms with Crippen molar-refractivity contribution in [3.8, 4) is 0 Å². The number of nitrogens with two attached hydrogens (primary N) is 1. The summed E-state index contributed by atoms with van der Waals surface area (Å²) >= 11 is 1.52. The Kier molecular flexibility index (Phi) is 8.28. The molecule has 0 fully saturated rings. The van der Waals surface area contributed by atoms with E-state index in [2.05, 4.69) is 10.6 Å². The second-order valence-corrected chi connectivity index (χ2v) is 6.21. The molecule has 2 atom stereocenters. The van der Waals surface area contributed by atoms with Crippen LogP contribution < -0.4 is 16.4 Å². The van der Waals surface area contributed by atoms with Crippen molar-refractivity contribution in [3.63, 3.8) is 0 Å². The van der Waals surface area contributed by atoms with Crippen LogP contribution >= 0.6 is 11.8 Å². The van der Waals surface area contributed by atoms with Gasteiger partial charge in [0.2, 0.25) is 5.91 Å². The molecule has 0 radical (unpaired) electrons. The summed E-state index contributed by atoms with van der Waals surface area (Å²) in [5, 5.41) is 14.3. The topological polar surface area (TPSA) is 122 Å². The number of rotatable bonds is 9. The molecule has 5 N–H and O–H groups in total. The van der Waals surface area contributed by atoms with E-state index in [9.17, 15) is 14.4 Å². The smallest absolute Gasteiger partial charge is 0.326 e. The predicted molar refractivity (Wildman–Crippen MR) is 95.2 cm³/mol. The molecule has 132 valence electrons. The molecule has 0 aliphatic carbocycles. The van der Waals surface area contributed by atoms with E-state index in [1.807, 2.05) is 13.2 Å². The second-order valence-electron chi connectivity index (χ2n) is 5.23. The second kappa shape index (κ2) is 9.94. The van der Waals surface area contributed by atoms with Gasteiger partial charge in [0.25, 0.3) is 5.91 Å². The fraction of sp³-hybridized carbons (Fsp3) is 0.438. The maximum Gasteiger partial charge on any atom is 0.326 e. The third-order valence-electron chi connectivity index (χ3n) is 3.41. The van der Waals surface area contributed by atoms with Gasteiger partial charge in [0, 0.05) is 11.3 Å². The number of hydrogen-bond acceptors (Lipinski definition) is 5. The fourth-order valence-electron chi connectivity index (χ4n) is 1.86. The summed E-state index contributed by atoms with van der Waals surface area (Å²) in [5.74, 6) is -1.18. The third-order valence-corrected chi connectivity index (χ3v) is 4.05. The highest BCUT2D eigenvalue weighted by atomic mass is 32.2. The molecule has 0 aliphatic heterocycles. The number of carboxylic acid groups (broad SMARTS) is 1. The van der Waals surface area contributed by atoms with E-state index >= 15 is 0 Å². The Bertz CT molecular complexity index is 577. The Morgan fingerprint density at radius 3 is 2.38 bits per heavy atom. The molecule has 1 rings (SSSR count). The molecule has 0 spiro atoms. The molecule has 0 saturated carbocycles. The van der Waals surface area contributed by atoms with Crippen LogP contribution in [0.25, 0.3) is 0 Å². The first-order valence-electron chi connectivity index (χ1n) is 7.58. The van der Waals surface area contributed by atoms with Crippen LogP contribution in [-0.2, 0) is 9.59 Å². The quantitative estimate of drug-likeness (QED) is 0.531. The van der Waals surface area contributed by atoms with Gasteiger partial charge in [-0.2, -0.15) is 11.8 Å². The van der Waals surface area contributed by atoms with Gasteiger partial charge in [-0.25, -0.2) is 4.79 Å². The van der Waals surface area contributed by atoms with Gasteiger partial charge in [0.05, 0.1) is 6.04 Å². The molecule has 0 aromatic heterocycles. The number of anilines is 1. The highest BCUT2D eigenvalue weighted by Gasteiger charge is 2.20. The normalized spacial score (nSPS) is 13.0. The van der Waals surface area contributed by atoms with Crippen LogP contribution in [0, 0.1) is 0 Å². The van der Waals surface area contributed by atoms with E-state index in [1.165, 1.54) is 23.9 Å². The molecule has 2 amide bonds. The molecule has 24 heavy (non-hydrogen) atoms. The molecule has 0 bridgehead atoms. The molecule has 1 aromatic carbocycles. The minimum absolute atomic E-state index is 0.294. The molecule has 1 aromatic rings. The van der Waals surface area contributed by atoms with Crippen molar-refractivity contribution in [2.45, 2.75) is 31.8 Å². The number of carbonyl (C=O) groups is 3. The Morgan fingerprint density at radius 2 is 1.88 bits per heavy atom. The summed E-state index contributed by atoms with van der Waals surface area (Å²) in [6.45, 7) is 1.81. The van der Waals surface area contributed by atoms with Crippen molar-refractivity contribution in [2.75, 3.05) is 17.3 Å². The van der Waals surface area contributed by atoms with Crippen LogP contribution in [0.1, 0.15) is 30.1 Å². The molecular formula is C16H23N3O4S. The number of hydrogen-bond donors (Lipinski definition) is 4. The van der Waals surface area contributed by atoms with Crippen LogP contribution in [0.15, 0.2) is 24.3 Å². The van der Waals surface area contributed by atoms with Gasteiger partial charge in [-0.05, 0) is 49.1 Å². The highest BCUT2D eigenvalue weighted by Crippen LogP contribution is 2.11. The number of nitrogens with one attached hydrogen (secondary N) is 2.